The van der Waals surface area contributed by atoms with Gasteiger partial charge >= 0.3 is 0 Å². The Kier molecular flexibility index (Phi) is 4.05. The van der Waals surface area contributed by atoms with E-state index < -0.39 is 11.7 Å². The topological polar surface area (TPSA) is 40.5 Å². The normalized spacial score (nSPS) is 14.0. The minimum atomic E-state index is -0.969. The van der Waals surface area contributed by atoms with E-state index >= 15 is 0 Å². The number of rotatable bonds is 5. The molecule has 1 aromatic heterocycles. The summed E-state index contributed by atoms with van der Waals surface area (Å²) >= 11 is 1.69. The van der Waals surface area contributed by atoms with Crippen molar-refractivity contribution in [3.8, 4) is 0 Å². The third-order valence-electron chi connectivity index (χ3n) is 3.82. The van der Waals surface area contributed by atoms with Gasteiger partial charge in [-0.3, -0.25) is 0 Å². The van der Waals surface area contributed by atoms with Crippen molar-refractivity contribution in [1.29, 1.82) is 0 Å². The molecule has 1 heterocycles. The highest BCUT2D eigenvalue weighted by Gasteiger charge is 2.32. The zero-order valence-electron chi connectivity index (χ0n) is 10.9. The molecule has 1 aromatic carbocycles. The van der Waals surface area contributed by atoms with Crippen molar-refractivity contribution in [2.45, 2.75) is 44.8 Å². The summed E-state index contributed by atoms with van der Waals surface area (Å²) in [6, 6.07) is 8.19. The number of hydrogen-bond donors (Lipinski definition) is 2. The first-order chi connectivity index (χ1) is 8.60. The minimum absolute atomic E-state index is 0.516. The molecule has 0 amide bonds. The predicted molar refractivity (Wildman–Crippen MR) is 77.1 cm³/mol. The van der Waals surface area contributed by atoms with E-state index in [1.54, 1.807) is 11.3 Å². The Morgan fingerprint density at radius 1 is 1.22 bits per heavy atom. The van der Waals surface area contributed by atoms with Crippen molar-refractivity contribution in [2.24, 2.45) is 0 Å². The number of benzene rings is 1. The quantitative estimate of drug-likeness (QED) is 0.869. The fraction of sp³-hybridized carbons (Fsp3) is 0.467. The second-order valence-electron chi connectivity index (χ2n) is 4.79. The first-order valence-corrected chi connectivity index (χ1v) is 7.34. The first-order valence-electron chi connectivity index (χ1n) is 6.46. The van der Waals surface area contributed by atoms with E-state index in [1.165, 1.54) is 10.1 Å². The molecule has 1 unspecified atom stereocenters. The van der Waals surface area contributed by atoms with Crippen LogP contribution in [0.3, 0.4) is 0 Å². The minimum Gasteiger partial charge on any atom is -0.390 e. The molecule has 18 heavy (non-hydrogen) atoms. The Morgan fingerprint density at radius 2 is 1.89 bits per heavy atom. The van der Waals surface area contributed by atoms with Crippen LogP contribution in [0.25, 0.3) is 10.1 Å². The molecule has 0 bridgehead atoms. The number of thiophene rings is 1. The van der Waals surface area contributed by atoms with Crippen LogP contribution in [0, 0.1) is 0 Å². The van der Waals surface area contributed by atoms with Crippen LogP contribution in [0.1, 0.15) is 32.3 Å². The highest BCUT2D eigenvalue weighted by Crippen LogP contribution is 2.29. The van der Waals surface area contributed by atoms with Crippen LogP contribution in [-0.4, -0.2) is 21.9 Å². The van der Waals surface area contributed by atoms with Gasteiger partial charge in [-0.2, -0.15) is 0 Å². The monoisotopic (exact) mass is 264 g/mol. The van der Waals surface area contributed by atoms with Crippen molar-refractivity contribution in [3.63, 3.8) is 0 Å². The summed E-state index contributed by atoms with van der Waals surface area (Å²) in [5.74, 6) is 0. The van der Waals surface area contributed by atoms with Crippen molar-refractivity contribution in [3.05, 3.63) is 35.2 Å². The molecule has 0 saturated carbocycles. The second kappa shape index (κ2) is 5.39. The van der Waals surface area contributed by atoms with Crippen molar-refractivity contribution in [1.82, 2.24) is 0 Å². The van der Waals surface area contributed by atoms with E-state index in [4.69, 9.17) is 0 Å². The Morgan fingerprint density at radius 3 is 2.56 bits per heavy atom. The van der Waals surface area contributed by atoms with Gasteiger partial charge in [0.1, 0.15) is 0 Å². The fourth-order valence-electron chi connectivity index (χ4n) is 2.31. The largest absolute Gasteiger partial charge is 0.390 e. The predicted octanol–water partition coefficient (Wildman–Crippen LogP) is 3.36. The Hall–Kier alpha value is -0.900. The van der Waals surface area contributed by atoms with Crippen molar-refractivity contribution in [2.75, 3.05) is 0 Å². The molecule has 0 radical (unpaired) electrons. The summed E-state index contributed by atoms with van der Waals surface area (Å²) in [6.45, 7) is 3.83. The lowest BCUT2D eigenvalue weighted by Gasteiger charge is -2.30. The lowest BCUT2D eigenvalue weighted by atomic mass is 9.87. The van der Waals surface area contributed by atoms with Gasteiger partial charge in [-0.25, -0.2) is 0 Å². The van der Waals surface area contributed by atoms with Crippen LogP contribution < -0.4 is 0 Å². The fourth-order valence-corrected chi connectivity index (χ4v) is 3.29. The molecule has 0 aliphatic carbocycles. The van der Waals surface area contributed by atoms with Gasteiger partial charge < -0.3 is 10.2 Å². The maximum atomic E-state index is 10.3. The maximum Gasteiger partial charge on any atom is 0.0903 e. The average molecular weight is 264 g/mol. The van der Waals surface area contributed by atoms with Gasteiger partial charge in [0.15, 0.2) is 0 Å². The first kappa shape index (κ1) is 13.5. The van der Waals surface area contributed by atoms with E-state index in [1.807, 2.05) is 26.0 Å². The molecule has 2 nitrogen and oxygen atoms in total. The van der Waals surface area contributed by atoms with Gasteiger partial charge in [-0.1, -0.05) is 32.0 Å². The van der Waals surface area contributed by atoms with E-state index in [-0.39, 0.29) is 0 Å². The van der Waals surface area contributed by atoms with E-state index in [9.17, 15) is 10.2 Å². The molecule has 3 heteroatoms. The van der Waals surface area contributed by atoms with E-state index in [0.29, 0.717) is 19.3 Å². The molecule has 0 spiro atoms. The van der Waals surface area contributed by atoms with Gasteiger partial charge in [0.25, 0.3) is 0 Å². The number of fused-ring (bicyclic) bond motifs is 1. The highest BCUT2D eigenvalue weighted by atomic mass is 32.1. The number of aliphatic hydroxyl groups is 2. The third kappa shape index (κ3) is 2.44. The molecular weight excluding hydrogens is 244 g/mol. The van der Waals surface area contributed by atoms with Gasteiger partial charge in [-0.15, -0.1) is 11.3 Å². The Labute approximate surface area is 112 Å². The van der Waals surface area contributed by atoms with Crippen LogP contribution >= 0.6 is 11.3 Å². The lowest BCUT2D eigenvalue weighted by Crippen LogP contribution is -2.42. The standard InChI is InChI=1S/C15H20O2S/c1-3-15(17,4-2)14(16)9-11-10-18-13-8-6-5-7-12(11)13/h5-8,10,14,16-17H,3-4,9H2,1-2H3. The zero-order chi connectivity index (χ0) is 13.2. The average Bonchev–Trinajstić information content (AvgIpc) is 2.81. The van der Waals surface area contributed by atoms with Crippen LogP contribution in [-0.2, 0) is 6.42 Å². The summed E-state index contributed by atoms with van der Waals surface area (Å²) in [5, 5.41) is 23.8. The van der Waals surface area contributed by atoms with Crippen molar-refractivity contribution < 1.29 is 10.2 Å². The van der Waals surface area contributed by atoms with E-state index in [2.05, 4.69) is 17.5 Å². The summed E-state index contributed by atoms with van der Waals surface area (Å²) in [5.41, 5.74) is 0.159. The van der Waals surface area contributed by atoms with Gasteiger partial charge in [0.05, 0.1) is 11.7 Å². The van der Waals surface area contributed by atoms with Crippen LogP contribution in [0.4, 0.5) is 0 Å². The van der Waals surface area contributed by atoms with Gasteiger partial charge in [-0.05, 0) is 35.2 Å². The summed E-state index contributed by atoms with van der Waals surface area (Å²) in [7, 11) is 0. The summed E-state index contributed by atoms with van der Waals surface area (Å²) in [4.78, 5) is 0. The van der Waals surface area contributed by atoms with Crippen LogP contribution in [0.5, 0.6) is 0 Å². The zero-order valence-corrected chi connectivity index (χ0v) is 11.7. The molecule has 0 aliphatic heterocycles. The van der Waals surface area contributed by atoms with Gasteiger partial charge in [0.2, 0.25) is 0 Å². The number of hydrogen-bond acceptors (Lipinski definition) is 3. The van der Waals surface area contributed by atoms with Gasteiger partial charge in [0, 0.05) is 11.1 Å². The molecule has 2 N–H and O–H groups in total. The molecule has 0 saturated heterocycles. The Balaban J connectivity index is 2.24. The number of aliphatic hydroxyl groups excluding tert-OH is 1. The molecule has 2 rings (SSSR count). The van der Waals surface area contributed by atoms with E-state index in [0.717, 1.165) is 5.56 Å². The summed E-state index contributed by atoms with van der Waals surface area (Å²) < 4.78 is 1.23. The van der Waals surface area contributed by atoms with Crippen molar-refractivity contribution >= 4 is 21.4 Å². The SMILES string of the molecule is CCC(O)(CC)C(O)Cc1csc2ccccc12. The molecule has 0 fully saturated rings. The van der Waals surface area contributed by atoms with Crippen LogP contribution in [0.15, 0.2) is 29.6 Å². The maximum absolute atomic E-state index is 10.3. The molecule has 2 aromatic rings. The highest BCUT2D eigenvalue weighted by molar-refractivity contribution is 7.17. The molecular formula is C15H20O2S. The third-order valence-corrected chi connectivity index (χ3v) is 4.83. The smallest absolute Gasteiger partial charge is 0.0903 e. The summed E-state index contributed by atoms with van der Waals surface area (Å²) in [6.07, 6.45) is 0.965. The molecule has 98 valence electrons. The molecule has 0 aliphatic rings. The Bertz CT molecular complexity index is 514. The molecule has 1 atom stereocenters. The van der Waals surface area contributed by atoms with Crippen LogP contribution in [0.2, 0.25) is 0 Å². The second-order valence-corrected chi connectivity index (χ2v) is 5.70. The lowest BCUT2D eigenvalue weighted by molar-refractivity contribution is -0.0788.